The Kier molecular flexibility index (Phi) is 6.63. The van der Waals surface area contributed by atoms with Crippen molar-refractivity contribution >= 4 is 22.2 Å². The largest absolute Gasteiger partial charge is 0.379 e. The first-order valence-corrected chi connectivity index (χ1v) is 10.4. The number of thiazole rings is 1. The summed E-state index contributed by atoms with van der Waals surface area (Å²) in [6.07, 6.45) is 4.46. The predicted octanol–water partition coefficient (Wildman–Crippen LogP) is 4.10. The van der Waals surface area contributed by atoms with Gasteiger partial charge in [0.25, 0.3) is 0 Å². The quantitative estimate of drug-likeness (QED) is 0.564. The van der Waals surface area contributed by atoms with Crippen molar-refractivity contribution in [3.8, 4) is 11.3 Å². The van der Waals surface area contributed by atoms with Crippen LogP contribution in [0.4, 0.5) is 0 Å². The van der Waals surface area contributed by atoms with E-state index in [9.17, 15) is 4.79 Å². The fourth-order valence-corrected chi connectivity index (χ4v) is 3.73. The van der Waals surface area contributed by atoms with Gasteiger partial charge in [0.2, 0.25) is 5.91 Å². The van der Waals surface area contributed by atoms with Gasteiger partial charge in [0.05, 0.1) is 18.2 Å². The first-order chi connectivity index (χ1) is 13.1. The molecule has 0 aliphatic carbocycles. The number of carbonyl (C=O) groups is 1. The molecule has 144 valence electrons. The molecule has 0 fully saturated rings. The lowest BCUT2D eigenvalue weighted by molar-refractivity contribution is -0.120. The molecule has 0 atom stereocenters. The van der Waals surface area contributed by atoms with Gasteiger partial charge in [-0.3, -0.25) is 9.20 Å². The molecule has 1 N–H and O–H groups in total. The Balaban J connectivity index is 1.60. The topological polar surface area (TPSA) is 55.6 Å². The van der Waals surface area contributed by atoms with E-state index in [0.29, 0.717) is 19.6 Å². The van der Waals surface area contributed by atoms with E-state index >= 15 is 0 Å². The van der Waals surface area contributed by atoms with Crippen LogP contribution in [0.25, 0.3) is 16.2 Å². The number of rotatable bonds is 9. The monoisotopic (exact) mass is 385 g/mol. The third kappa shape index (κ3) is 5.17. The highest BCUT2D eigenvalue weighted by atomic mass is 32.1. The Bertz CT molecular complexity index is 881. The number of carbonyl (C=O) groups excluding carboxylic acids is 1. The van der Waals surface area contributed by atoms with Crippen molar-refractivity contribution in [3.05, 3.63) is 47.1 Å². The number of amides is 1. The van der Waals surface area contributed by atoms with Crippen molar-refractivity contribution < 1.29 is 9.53 Å². The number of nitrogens with one attached hydrogen (secondary N) is 1. The van der Waals surface area contributed by atoms with Crippen LogP contribution >= 0.6 is 11.3 Å². The number of hydrogen-bond acceptors (Lipinski definition) is 4. The first-order valence-electron chi connectivity index (χ1n) is 9.50. The molecular weight excluding hydrogens is 358 g/mol. The molecule has 2 heterocycles. The van der Waals surface area contributed by atoms with Gasteiger partial charge in [-0.1, -0.05) is 31.2 Å². The highest BCUT2D eigenvalue weighted by Crippen LogP contribution is 2.24. The van der Waals surface area contributed by atoms with E-state index in [1.165, 1.54) is 5.56 Å². The third-order valence-corrected chi connectivity index (χ3v) is 5.27. The van der Waals surface area contributed by atoms with Crippen LogP contribution < -0.4 is 5.32 Å². The van der Waals surface area contributed by atoms with Gasteiger partial charge >= 0.3 is 0 Å². The Morgan fingerprint density at radius 1 is 1.30 bits per heavy atom. The smallest absolute Gasteiger partial charge is 0.225 e. The summed E-state index contributed by atoms with van der Waals surface area (Å²) in [5.74, 6) is 0.0294. The minimum Gasteiger partial charge on any atom is -0.379 e. The molecule has 0 saturated carbocycles. The summed E-state index contributed by atoms with van der Waals surface area (Å²) in [5.41, 5.74) is 4.33. The normalized spacial score (nSPS) is 11.4. The highest BCUT2D eigenvalue weighted by Gasteiger charge is 2.12. The van der Waals surface area contributed by atoms with E-state index in [2.05, 4.69) is 36.5 Å². The number of benzene rings is 1. The van der Waals surface area contributed by atoms with Gasteiger partial charge in [0.15, 0.2) is 4.96 Å². The molecule has 0 aliphatic rings. The second-order valence-corrected chi connectivity index (χ2v) is 7.69. The van der Waals surface area contributed by atoms with Crippen molar-refractivity contribution in [3.63, 3.8) is 0 Å². The minimum atomic E-state index is 0.0294. The second-order valence-electron chi connectivity index (χ2n) is 6.86. The molecule has 6 heteroatoms. The van der Waals surface area contributed by atoms with Crippen molar-refractivity contribution in [2.24, 2.45) is 0 Å². The average Bonchev–Trinajstić information content (AvgIpc) is 3.23. The summed E-state index contributed by atoms with van der Waals surface area (Å²) in [7, 11) is 0. The zero-order valence-corrected chi connectivity index (χ0v) is 17.0. The Morgan fingerprint density at radius 3 is 2.78 bits per heavy atom. The summed E-state index contributed by atoms with van der Waals surface area (Å²) in [6.45, 7) is 7.48. The van der Waals surface area contributed by atoms with Crippen molar-refractivity contribution in [1.29, 1.82) is 0 Å². The standard InChI is InChI=1S/C21H27N3O2S/c1-4-16-6-8-17(9-7-16)19-13-24-18(14-27-21(24)23-19)12-20(25)22-10-5-11-26-15(2)3/h6-9,13-15H,4-5,10-12H2,1-3H3,(H,22,25). The fourth-order valence-electron chi connectivity index (χ4n) is 2.85. The number of aryl methyl sites for hydroxylation is 1. The summed E-state index contributed by atoms with van der Waals surface area (Å²) in [5, 5.41) is 4.97. The average molecular weight is 386 g/mol. The zero-order chi connectivity index (χ0) is 19.2. The van der Waals surface area contributed by atoms with Crippen molar-refractivity contribution in [2.75, 3.05) is 13.2 Å². The van der Waals surface area contributed by atoms with Crippen LogP contribution in [0.15, 0.2) is 35.8 Å². The molecule has 3 rings (SSSR count). The van der Waals surface area contributed by atoms with Crippen LogP contribution in [-0.2, 0) is 22.4 Å². The van der Waals surface area contributed by atoms with E-state index in [-0.39, 0.29) is 12.0 Å². The summed E-state index contributed by atoms with van der Waals surface area (Å²) in [6, 6.07) is 8.49. The second kappa shape index (κ2) is 9.15. The van der Waals surface area contributed by atoms with E-state index < -0.39 is 0 Å². The van der Waals surface area contributed by atoms with Crippen molar-refractivity contribution in [2.45, 2.75) is 46.1 Å². The molecule has 3 aromatic rings. The number of aromatic nitrogens is 2. The van der Waals surface area contributed by atoms with E-state index in [1.807, 2.05) is 29.8 Å². The maximum Gasteiger partial charge on any atom is 0.225 e. The van der Waals surface area contributed by atoms with Gasteiger partial charge in [-0.15, -0.1) is 11.3 Å². The van der Waals surface area contributed by atoms with E-state index in [4.69, 9.17) is 9.72 Å². The molecule has 27 heavy (non-hydrogen) atoms. The van der Waals surface area contributed by atoms with E-state index in [1.54, 1.807) is 11.3 Å². The molecule has 0 saturated heterocycles. The van der Waals surface area contributed by atoms with Crippen LogP contribution in [-0.4, -0.2) is 34.5 Å². The van der Waals surface area contributed by atoms with Gasteiger partial charge < -0.3 is 10.1 Å². The van der Waals surface area contributed by atoms with E-state index in [0.717, 1.165) is 34.8 Å². The molecule has 1 aromatic carbocycles. The van der Waals surface area contributed by atoms with Gasteiger partial charge in [-0.2, -0.15) is 0 Å². The SMILES string of the molecule is CCc1ccc(-c2cn3c(CC(=O)NCCCOC(C)C)csc3n2)cc1. The predicted molar refractivity (Wildman–Crippen MR) is 110 cm³/mol. The minimum absolute atomic E-state index is 0.0294. The number of nitrogens with zero attached hydrogens (tertiary/aromatic N) is 2. The lowest BCUT2D eigenvalue weighted by Crippen LogP contribution is -2.27. The number of imidazole rings is 1. The molecule has 5 nitrogen and oxygen atoms in total. The molecule has 2 aromatic heterocycles. The molecule has 0 bridgehead atoms. The molecule has 0 spiro atoms. The summed E-state index contributed by atoms with van der Waals surface area (Å²) < 4.78 is 7.51. The highest BCUT2D eigenvalue weighted by molar-refractivity contribution is 7.15. The van der Waals surface area contributed by atoms with Crippen LogP contribution in [0.5, 0.6) is 0 Å². The maximum absolute atomic E-state index is 12.2. The van der Waals surface area contributed by atoms with Crippen LogP contribution in [0.1, 0.15) is 38.4 Å². The summed E-state index contributed by atoms with van der Waals surface area (Å²) in [4.78, 5) is 17.8. The maximum atomic E-state index is 12.2. The van der Waals surface area contributed by atoms with Gasteiger partial charge in [0.1, 0.15) is 0 Å². The van der Waals surface area contributed by atoms with Crippen LogP contribution in [0, 0.1) is 0 Å². The number of fused-ring (bicyclic) bond motifs is 1. The fraction of sp³-hybridized carbons (Fsp3) is 0.429. The Labute approximate surface area is 164 Å². The van der Waals surface area contributed by atoms with Gasteiger partial charge in [-0.25, -0.2) is 4.98 Å². The molecule has 0 aliphatic heterocycles. The Morgan fingerprint density at radius 2 is 2.07 bits per heavy atom. The van der Waals surface area contributed by atoms with Crippen LogP contribution in [0.3, 0.4) is 0 Å². The lowest BCUT2D eigenvalue weighted by atomic mass is 10.1. The van der Waals surface area contributed by atoms with Crippen LogP contribution in [0.2, 0.25) is 0 Å². The first kappa shape index (κ1) is 19.6. The summed E-state index contributed by atoms with van der Waals surface area (Å²) >= 11 is 1.57. The lowest BCUT2D eigenvalue weighted by Gasteiger charge is -2.08. The Hall–Kier alpha value is -2.18. The zero-order valence-electron chi connectivity index (χ0n) is 16.2. The molecule has 0 unspecified atom stereocenters. The van der Waals surface area contributed by atoms with Crippen molar-refractivity contribution in [1.82, 2.24) is 14.7 Å². The molecule has 1 amide bonds. The molecule has 0 radical (unpaired) electrons. The third-order valence-electron chi connectivity index (χ3n) is 4.38. The molecular formula is C21H27N3O2S. The van der Waals surface area contributed by atoms with Gasteiger partial charge in [0, 0.05) is 36.0 Å². The number of ether oxygens (including phenoxy) is 1. The van der Waals surface area contributed by atoms with Gasteiger partial charge in [-0.05, 0) is 32.3 Å². The number of hydrogen-bond donors (Lipinski definition) is 1.